The van der Waals surface area contributed by atoms with E-state index in [9.17, 15) is 9.59 Å². The van der Waals surface area contributed by atoms with Crippen LogP contribution in [0, 0.1) is 0 Å². The summed E-state index contributed by atoms with van der Waals surface area (Å²) in [5.74, 6) is -0.268. The van der Waals surface area contributed by atoms with E-state index < -0.39 is 0 Å². The highest BCUT2D eigenvalue weighted by Crippen LogP contribution is 2.23. The van der Waals surface area contributed by atoms with Gasteiger partial charge in [0.05, 0.1) is 10.6 Å². The van der Waals surface area contributed by atoms with Crippen molar-refractivity contribution in [2.75, 3.05) is 18.4 Å². The molecule has 0 aliphatic carbocycles. The molecule has 1 rings (SSSR count). The van der Waals surface area contributed by atoms with Gasteiger partial charge in [0.25, 0.3) is 11.8 Å². The van der Waals surface area contributed by atoms with Gasteiger partial charge in [-0.05, 0) is 45.4 Å². The van der Waals surface area contributed by atoms with Crippen LogP contribution in [-0.4, -0.2) is 29.8 Å². The molecule has 1 aromatic carbocycles. The average molecular weight is 323 g/mol. The molecule has 0 aromatic heterocycles. The predicted octanol–water partition coefficient (Wildman–Crippen LogP) is 4.12. The molecular weight excluding hydrogens is 300 g/mol. The summed E-state index contributed by atoms with van der Waals surface area (Å²) in [7, 11) is 0. The largest absolute Gasteiger partial charge is 0.339 e. The molecule has 120 valence electrons. The minimum atomic E-state index is -0.166. The zero-order chi connectivity index (χ0) is 16.7. The summed E-state index contributed by atoms with van der Waals surface area (Å²) in [6.45, 7) is 8.84. The Bertz CT molecular complexity index is 578. The van der Waals surface area contributed by atoms with E-state index in [1.807, 2.05) is 26.8 Å². The van der Waals surface area contributed by atoms with Crippen molar-refractivity contribution in [2.24, 2.45) is 0 Å². The quantitative estimate of drug-likeness (QED) is 0.801. The second-order valence-electron chi connectivity index (χ2n) is 4.92. The van der Waals surface area contributed by atoms with Crippen LogP contribution < -0.4 is 5.32 Å². The van der Waals surface area contributed by atoms with Gasteiger partial charge in [-0.1, -0.05) is 24.6 Å². The minimum absolute atomic E-state index is 0.102. The highest BCUT2D eigenvalue weighted by molar-refractivity contribution is 6.34. The molecule has 0 spiro atoms. The van der Waals surface area contributed by atoms with Gasteiger partial charge in [-0.3, -0.25) is 9.59 Å². The Balaban J connectivity index is 2.93. The monoisotopic (exact) mass is 322 g/mol. The predicted molar refractivity (Wildman–Crippen MR) is 91.4 cm³/mol. The molecule has 0 saturated carbocycles. The number of anilines is 1. The van der Waals surface area contributed by atoms with Crippen LogP contribution in [0.1, 0.15) is 44.5 Å². The number of halogens is 1. The lowest BCUT2D eigenvalue weighted by molar-refractivity contribution is -0.112. The number of hydrogen-bond acceptors (Lipinski definition) is 2. The Morgan fingerprint density at radius 1 is 1.23 bits per heavy atom. The number of hydrogen-bond donors (Lipinski definition) is 1. The van der Waals surface area contributed by atoms with E-state index >= 15 is 0 Å². The van der Waals surface area contributed by atoms with Crippen LogP contribution in [0.2, 0.25) is 5.02 Å². The van der Waals surface area contributed by atoms with Gasteiger partial charge in [0.2, 0.25) is 0 Å². The minimum Gasteiger partial charge on any atom is -0.339 e. The molecule has 0 bridgehead atoms. The molecule has 0 atom stereocenters. The van der Waals surface area contributed by atoms with E-state index in [1.54, 1.807) is 30.0 Å². The maximum absolute atomic E-state index is 12.3. The van der Waals surface area contributed by atoms with Gasteiger partial charge in [0.15, 0.2) is 0 Å². The van der Waals surface area contributed by atoms with Crippen molar-refractivity contribution in [1.82, 2.24) is 4.90 Å². The highest BCUT2D eigenvalue weighted by atomic mass is 35.5. The van der Waals surface area contributed by atoms with Crippen LogP contribution >= 0.6 is 11.6 Å². The number of amides is 2. The first-order valence-corrected chi connectivity index (χ1v) is 7.89. The Morgan fingerprint density at radius 2 is 1.86 bits per heavy atom. The summed E-state index contributed by atoms with van der Waals surface area (Å²) in [5.41, 5.74) is 1.68. The van der Waals surface area contributed by atoms with Crippen LogP contribution in [0.4, 0.5) is 5.69 Å². The number of carbonyl (C=O) groups is 2. The summed E-state index contributed by atoms with van der Waals surface area (Å²) >= 11 is 6.19. The lowest BCUT2D eigenvalue weighted by atomic mass is 10.1. The van der Waals surface area contributed by atoms with Gasteiger partial charge in [0, 0.05) is 24.4 Å². The Morgan fingerprint density at radius 3 is 2.36 bits per heavy atom. The maximum Gasteiger partial charge on any atom is 0.255 e. The van der Waals surface area contributed by atoms with Crippen molar-refractivity contribution in [3.63, 3.8) is 0 Å². The third-order valence-electron chi connectivity index (χ3n) is 3.38. The van der Waals surface area contributed by atoms with E-state index in [0.717, 1.165) is 6.42 Å². The van der Waals surface area contributed by atoms with E-state index in [2.05, 4.69) is 5.32 Å². The Hall–Kier alpha value is -1.81. The Kier molecular flexibility index (Phi) is 7.12. The molecule has 22 heavy (non-hydrogen) atoms. The fourth-order valence-electron chi connectivity index (χ4n) is 2.08. The normalized spacial score (nSPS) is 11.2. The third kappa shape index (κ3) is 4.60. The van der Waals surface area contributed by atoms with Crippen molar-refractivity contribution in [1.29, 1.82) is 0 Å². The molecule has 0 aliphatic rings. The summed E-state index contributed by atoms with van der Waals surface area (Å²) in [6.07, 6.45) is 2.66. The topological polar surface area (TPSA) is 49.4 Å². The Labute approximate surface area is 137 Å². The molecule has 1 aromatic rings. The van der Waals surface area contributed by atoms with Gasteiger partial charge in [-0.2, -0.15) is 0 Å². The molecule has 0 unspecified atom stereocenters. The van der Waals surface area contributed by atoms with E-state index in [0.29, 0.717) is 34.9 Å². The van der Waals surface area contributed by atoms with Crippen molar-refractivity contribution < 1.29 is 9.59 Å². The first-order valence-electron chi connectivity index (χ1n) is 7.51. The molecular formula is C17H23ClN2O2. The zero-order valence-electron chi connectivity index (χ0n) is 13.6. The van der Waals surface area contributed by atoms with Crippen LogP contribution in [0.3, 0.4) is 0 Å². The zero-order valence-corrected chi connectivity index (χ0v) is 14.3. The number of benzene rings is 1. The van der Waals surface area contributed by atoms with E-state index in [-0.39, 0.29) is 11.8 Å². The van der Waals surface area contributed by atoms with Gasteiger partial charge in [0.1, 0.15) is 0 Å². The van der Waals surface area contributed by atoms with Gasteiger partial charge in [-0.15, -0.1) is 0 Å². The maximum atomic E-state index is 12.3. The molecule has 4 nitrogen and oxygen atoms in total. The molecule has 1 N–H and O–H groups in total. The third-order valence-corrected chi connectivity index (χ3v) is 3.69. The number of nitrogens with zero attached hydrogens (tertiary/aromatic N) is 1. The summed E-state index contributed by atoms with van der Waals surface area (Å²) in [4.78, 5) is 25.9. The molecule has 0 aliphatic heterocycles. The van der Waals surface area contributed by atoms with Crippen molar-refractivity contribution in [3.8, 4) is 0 Å². The summed E-state index contributed by atoms with van der Waals surface area (Å²) in [5, 5.41) is 3.11. The summed E-state index contributed by atoms with van der Waals surface area (Å²) < 4.78 is 0. The lowest BCUT2D eigenvalue weighted by Crippen LogP contribution is -2.30. The second kappa shape index (κ2) is 8.59. The fraction of sp³-hybridized carbons (Fsp3) is 0.412. The van der Waals surface area contributed by atoms with Crippen LogP contribution in [0.15, 0.2) is 29.8 Å². The van der Waals surface area contributed by atoms with E-state index in [1.165, 1.54) is 0 Å². The number of allylic oxidation sites excluding steroid dienone is 1. The first kappa shape index (κ1) is 18.2. The number of nitrogens with one attached hydrogen (secondary N) is 1. The van der Waals surface area contributed by atoms with Gasteiger partial charge < -0.3 is 10.2 Å². The first-order chi connectivity index (χ1) is 10.4. The molecule has 0 saturated heterocycles. The molecule has 0 radical (unpaired) electrons. The molecule has 2 amide bonds. The smallest absolute Gasteiger partial charge is 0.255 e. The lowest BCUT2D eigenvalue weighted by Gasteiger charge is -2.19. The highest BCUT2D eigenvalue weighted by Gasteiger charge is 2.16. The van der Waals surface area contributed by atoms with Crippen LogP contribution in [0.5, 0.6) is 0 Å². The summed E-state index contributed by atoms with van der Waals surface area (Å²) in [6, 6.07) is 4.95. The second-order valence-corrected chi connectivity index (χ2v) is 5.33. The molecule has 5 heteroatoms. The van der Waals surface area contributed by atoms with Crippen molar-refractivity contribution >= 4 is 29.1 Å². The molecule has 0 heterocycles. The van der Waals surface area contributed by atoms with Gasteiger partial charge in [-0.25, -0.2) is 0 Å². The van der Waals surface area contributed by atoms with Crippen molar-refractivity contribution in [3.05, 3.63) is 40.4 Å². The average Bonchev–Trinajstić information content (AvgIpc) is 2.48. The van der Waals surface area contributed by atoms with Crippen LogP contribution in [-0.2, 0) is 4.79 Å². The number of rotatable bonds is 6. The standard InChI is InChI=1S/C17H23ClN2O2/c1-5-8-12(4)16(21)19-13-9-10-14(15(18)11-13)17(22)20(6-2)7-3/h8-11H,5-7H2,1-4H3,(H,19,21). The SMILES string of the molecule is CCC=C(C)C(=O)Nc1ccc(C(=O)N(CC)CC)c(Cl)c1. The van der Waals surface area contributed by atoms with E-state index in [4.69, 9.17) is 11.6 Å². The molecule has 0 fully saturated rings. The van der Waals surface area contributed by atoms with Crippen LogP contribution in [0.25, 0.3) is 0 Å². The number of carbonyl (C=O) groups excluding carboxylic acids is 2. The fourth-order valence-corrected chi connectivity index (χ4v) is 2.34. The van der Waals surface area contributed by atoms with Gasteiger partial charge >= 0.3 is 0 Å². The van der Waals surface area contributed by atoms with Crippen molar-refractivity contribution in [2.45, 2.75) is 34.1 Å².